The van der Waals surface area contributed by atoms with E-state index in [4.69, 9.17) is 4.74 Å². The van der Waals surface area contributed by atoms with Crippen molar-refractivity contribution in [1.82, 2.24) is 14.8 Å². The van der Waals surface area contributed by atoms with Gasteiger partial charge in [0, 0.05) is 38.5 Å². The Morgan fingerprint density at radius 1 is 1.34 bits per heavy atom. The maximum atomic E-state index is 12.7. The Labute approximate surface area is 167 Å². The molecule has 0 saturated carbocycles. The van der Waals surface area contributed by atoms with Crippen molar-refractivity contribution in [2.24, 2.45) is 7.05 Å². The van der Waals surface area contributed by atoms with Crippen molar-refractivity contribution in [3.8, 4) is 0 Å². The number of rotatable bonds is 4. The lowest BCUT2D eigenvalue weighted by Crippen LogP contribution is -2.32. The van der Waals surface area contributed by atoms with Gasteiger partial charge in [0.15, 0.2) is 5.65 Å². The third kappa shape index (κ3) is 3.18. The van der Waals surface area contributed by atoms with E-state index in [0.29, 0.717) is 24.3 Å². The Balaban J connectivity index is 1.86. The van der Waals surface area contributed by atoms with Gasteiger partial charge in [0.1, 0.15) is 5.56 Å². The first-order chi connectivity index (χ1) is 13.9. The molecule has 150 valence electrons. The van der Waals surface area contributed by atoms with Crippen molar-refractivity contribution in [2.45, 2.75) is 26.8 Å². The smallest absolute Gasteiger partial charge is 0.341 e. The summed E-state index contributed by atoms with van der Waals surface area (Å²) in [6.45, 7) is 5.03. The van der Waals surface area contributed by atoms with Crippen LogP contribution in [-0.4, -0.2) is 38.8 Å². The number of hydrogen-bond acceptors (Lipinski definition) is 7. The van der Waals surface area contributed by atoms with Gasteiger partial charge in [0.25, 0.3) is 5.69 Å². The van der Waals surface area contributed by atoms with E-state index in [0.717, 1.165) is 34.3 Å². The van der Waals surface area contributed by atoms with E-state index in [-0.39, 0.29) is 17.2 Å². The molecule has 4 rings (SSSR count). The number of nitrogens with zero attached hydrogens (tertiary/aromatic N) is 5. The zero-order valence-corrected chi connectivity index (χ0v) is 16.5. The van der Waals surface area contributed by atoms with Gasteiger partial charge in [0.05, 0.1) is 28.3 Å². The van der Waals surface area contributed by atoms with Crippen molar-refractivity contribution < 1.29 is 14.5 Å². The average Bonchev–Trinajstić information content (AvgIpc) is 3.00. The molecule has 0 N–H and O–H groups in total. The van der Waals surface area contributed by atoms with Gasteiger partial charge in [-0.25, -0.2) is 9.78 Å². The summed E-state index contributed by atoms with van der Waals surface area (Å²) in [7, 11) is 1.81. The molecule has 3 heterocycles. The number of nitro benzene ring substituents is 1. The van der Waals surface area contributed by atoms with Crippen LogP contribution >= 0.6 is 0 Å². The molecule has 0 aliphatic carbocycles. The number of aryl methyl sites for hydroxylation is 2. The largest absolute Gasteiger partial charge is 0.462 e. The van der Waals surface area contributed by atoms with Gasteiger partial charge >= 0.3 is 5.97 Å². The first kappa shape index (κ1) is 18.9. The number of nitro groups is 1. The summed E-state index contributed by atoms with van der Waals surface area (Å²) in [5.41, 5.74) is 4.56. The van der Waals surface area contributed by atoms with E-state index in [1.807, 2.05) is 20.0 Å². The van der Waals surface area contributed by atoms with Gasteiger partial charge in [-0.15, -0.1) is 0 Å². The van der Waals surface area contributed by atoms with Gasteiger partial charge < -0.3 is 9.64 Å². The zero-order chi connectivity index (χ0) is 20.7. The topological polar surface area (TPSA) is 103 Å². The van der Waals surface area contributed by atoms with Gasteiger partial charge in [-0.2, -0.15) is 5.10 Å². The van der Waals surface area contributed by atoms with E-state index in [1.165, 1.54) is 12.3 Å². The molecule has 0 amide bonds. The number of non-ortho nitro benzene ring substituents is 1. The predicted octanol–water partition coefficient (Wildman–Crippen LogP) is 2.92. The normalized spacial score (nSPS) is 13.4. The highest BCUT2D eigenvalue weighted by molar-refractivity contribution is 6.05. The predicted molar refractivity (Wildman–Crippen MR) is 107 cm³/mol. The fourth-order valence-electron chi connectivity index (χ4n) is 3.93. The third-order valence-electron chi connectivity index (χ3n) is 5.22. The summed E-state index contributed by atoms with van der Waals surface area (Å²) in [4.78, 5) is 29.9. The number of carbonyl (C=O) groups excluding carboxylic acids is 1. The number of pyridine rings is 1. The van der Waals surface area contributed by atoms with Crippen LogP contribution in [0.3, 0.4) is 0 Å². The van der Waals surface area contributed by atoms with Crippen LogP contribution in [0.5, 0.6) is 0 Å². The summed E-state index contributed by atoms with van der Waals surface area (Å²) >= 11 is 0. The minimum absolute atomic E-state index is 0.0636. The second kappa shape index (κ2) is 7.16. The van der Waals surface area contributed by atoms with Crippen LogP contribution in [0.15, 0.2) is 24.4 Å². The number of ether oxygens (including phenoxy) is 1. The van der Waals surface area contributed by atoms with Gasteiger partial charge in [-0.05, 0) is 31.4 Å². The summed E-state index contributed by atoms with van der Waals surface area (Å²) in [6, 6.07) is 4.96. The standard InChI is InChI=1S/C20H21N5O4/c1-4-29-20(26)16-10-21-19-17(12(2)22-23(19)3)18(16)24-8-7-13-5-6-15(25(27)28)9-14(13)11-24/h5-6,9-10H,4,7-8,11H2,1-3H3. The summed E-state index contributed by atoms with van der Waals surface area (Å²) in [5.74, 6) is -0.440. The van der Waals surface area contributed by atoms with E-state index >= 15 is 0 Å². The second-order valence-corrected chi connectivity index (χ2v) is 7.03. The molecule has 9 heteroatoms. The van der Waals surface area contributed by atoms with Crippen molar-refractivity contribution in [3.63, 3.8) is 0 Å². The Morgan fingerprint density at radius 3 is 2.86 bits per heavy atom. The zero-order valence-electron chi connectivity index (χ0n) is 16.5. The number of aromatic nitrogens is 3. The first-order valence-electron chi connectivity index (χ1n) is 9.41. The lowest BCUT2D eigenvalue weighted by Gasteiger charge is -2.32. The van der Waals surface area contributed by atoms with E-state index in [1.54, 1.807) is 17.7 Å². The molecular weight excluding hydrogens is 374 g/mol. The van der Waals surface area contributed by atoms with Crippen LogP contribution < -0.4 is 4.90 Å². The van der Waals surface area contributed by atoms with Gasteiger partial charge in [-0.3, -0.25) is 14.8 Å². The Hall–Kier alpha value is -3.49. The minimum atomic E-state index is -0.440. The molecule has 1 aliphatic heterocycles. The molecule has 1 aromatic carbocycles. The van der Waals surface area contributed by atoms with Crippen LogP contribution in [0.4, 0.5) is 11.4 Å². The molecule has 0 spiro atoms. The van der Waals surface area contributed by atoms with Crippen LogP contribution in [0.2, 0.25) is 0 Å². The molecule has 0 bridgehead atoms. The van der Waals surface area contributed by atoms with E-state index < -0.39 is 5.97 Å². The Bertz CT molecular complexity index is 1140. The highest BCUT2D eigenvalue weighted by Gasteiger charge is 2.28. The molecule has 0 unspecified atom stereocenters. The number of carbonyl (C=O) groups is 1. The molecule has 29 heavy (non-hydrogen) atoms. The molecule has 3 aromatic rings. The fourth-order valence-corrected chi connectivity index (χ4v) is 3.93. The van der Waals surface area contributed by atoms with Gasteiger partial charge in [-0.1, -0.05) is 6.07 Å². The van der Waals surface area contributed by atoms with Crippen molar-refractivity contribution in [2.75, 3.05) is 18.1 Å². The number of anilines is 1. The summed E-state index contributed by atoms with van der Waals surface area (Å²) in [6.07, 6.45) is 2.25. The fraction of sp³-hybridized carbons (Fsp3) is 0.350. The number of benzene rings is 1. The highest BCUT2D eigenvalue weighted by atomic mass is 16.6. The maximum absolute atomic E-state index is 12.7. The summed E-state index contributed by atoms with van der Waals surface area (Å²) < 4.78 is 6.94. The number of fused-ring (bicyclic) bond motifs is 2. The van der Waals surface area contributed by atoms with Crippen LogP contribution in [0, 0.1) is 17.0 Å². The van der Waals surface area contributed by atoms with Crippen molar-refractivity contribution in [3.05, 3.63) is 56.9 Å². The highest BCUT2D eigenvalue weighted by Crippen LogP contribution is 2.36. The lowest BCUT2D eigenvalue weighted by molar-refractivity contribution is -0.384. The Kier molecular flexibility index (Phi) is 4.65. The minimum Gasteiger partial charge on any atom is -0.462 e. The third-order valence-corrected chi connectivity index (χ3v) is 5.22. The monoisotopic (exact) mass is 395 g/mol. The molecular formula is C20H21N5O4. The molecule has 0 fully saturated rings. The van der Waals surface area contributed by atoms with Crippen LogP contribution in [0.25, 0.3) is 11.0 Å². The first-order valence-corrected chi connectivity index (χ1v) is 9.41. The maximum Gasteiger partial charge on any atom is 0.341 e. The Morgan fingerprint density at radius 2 is 2.14 bits per heavy atom. The van der Waals surface area contributed by atoms with Gasteiger partial charge in [0.2, 0.25) is 0 Å². The molecule has 0 saturated heterocycles. The summed E-state index contributed by atoms with van der Waals surface area (Å²) in [5, 5.41) is 16.4. The molecule has 1 aliphatic rings. The lowest BCUT2D eigenvalue weighted by atomic mass is 9.97. The second-order valence-electron chi connectivity index (χ2n) is 7.03. The quantitative estimate of drug-likeness (QED) is 0.380. The van der Waals surface area contributed by atoms with Crippen LogP contribution in [0.1, 0.15) is 34.1 Å². The molecule has 9 nitrogen and oxygen atoms in total. The molecule has 0 radical (unpaired) electrons. The molecule has 0 atom stereocenters. The van der Waals surface area contributed by atoms with Crippen molar-refractivity contribution in [1.29, 1.82) is 0 Å². The van der Waals surface area contributed by atoms with Crippen LogP contribution in [-0.2, 0) is 24.8 Å². The SMILES string of the molecule is CCOC(=O)c1cnc2c(c(C)nn2C)c1N1CCc2ccc([N+](=O)[O-])cc2C1. The molecule has 2 aromatic heterocycles. The van der Waals surface area contributed by atoms with E-state index in [9.17, 15) is 14.9 Å². The van der Waals surface area contributed by atoms with E-state index in [2.05, 4.69) is 15.0 Å². The number of hydrogen-bond donors (Lipinski definition) is 0. The number of esters is 1. The average molecular weight is 395 g/mol. The van der Waals surface area contributed by atoms with Crippen molar-refractivity contribution >= 4 is 28.4 Å².